The molecule has 1 saturated carbocycles. The quantitative estimate of drug-likeness (QED) is 0.558. The van der Waals surface area contributed by atoms with Gasteiger partial charge in [-0.1, -0.05) is 48.7 Å². The molecule has 0 atom stereocenters. The van der Waals surface area contributed by atoms with Gasteiger partial charge in [-0.15, -0.1) is 0 Å². The molecule has 1 N–H and O–H groups in total. The molecule has 0 saturated heterocycles. The van der Waals surface area contributed by atoms with Crippen molar-refractivity contribution in [2.75, 3.05) is 7.11 Å². The minimum absolute atomic E-state index is 0.0523. The molecule has 0 radical (unpaired) electrons. The fraction of sp³-hybridized carbons (Fsp3) is 0.308. The van der Waals surface area contributed by atoms with Crippen LogP contribution < -0.4 is 14.9 Å². The maximum atomic E-state index is 13.1. The van der Waals surface area contributed by atoms with E-state index in [0.717, 1.165) is 31.2 Å². The summed E-state index contributed by atoms with van der Waals surface area (Å²) in [7, 11) is -2.43. The Hall–Kier alpha value is -3.23. The number of carbonyl (C=O) groups is 1. The highest BCUT2D eigenvalue weighted by molar-refractivity contribution is 7.89. The van der Waals surface area contributed by atoms with Gasteiger partial charge in [-0.3, -0.25) is 4.79 Å². The molecule has 1 aliphatic rings. The standard InChI is InChI=1S/C26H29N3O4S/c1-19-10-12-20(13-11-19)18-29-16-6-5-9-25(29)27-26(30)21-14-15-23(33-2)24(17-21)34(31,32)28-22-7-3-4-8-22/h5-6,9-17,22,28H,3-4,7-8,18H2,1-2H3. The molecule has 1 amide bonds. The van der Waals surface area contributed by atoms with E-state index in [1.165, 1.54) is 30.9 Å². The Kier molecular flexibility index (Phi) is 7.29. The number of pyridine rings is 1. The predicted molar refractivity (Wildman–Crippen MR) is 130 cm³/mol. The van der Waals surface area contributed by atoms with Gasteiger partial charge >= 0.3 is 0 Å². The van der Waals surface area contributed by atoms with Crippen molar-refractivity contribution in [3.05, 3.63) is 89.0 Å². The summed E-state index contributed by atoms with van der Waals surface area (Å²) in [5.41, 5.74) is 2.92. The number of hydrogen-bond acceptors (Lipinski definition) is 4. The Morgan fingerprint density at radius 1 is 1.09 bits per heavy atom. The summed E-state index contributed by atoms with van der Waals surface area (Å²) in [5, 5.41) is 0. The summed E-state index contributed by atoms with van der Waals surface area (Å²) in [6.07, 6.45) is 5.49. The second-order valence-corrected chi connectivity index (χ2v) is 10.2. The van der Waals surface area contributed by atoms with Crippen LogP contribution in [0.25, 0.3) is 0 Å². The molecule has 0 bridgehead atoms. The second kappa shape index (κ2) is 10.4. The second-order valence-electron chi connectivity index (χ2n) is 8.56. The van der Waals surface area contributed by atoms with E-state index >= 15 is 0 Å². The van der Waals surface area contributed by atoms with Crippen LogP contribution in [0, 0.1) is 6.92 Å². The summed E-state index contributed by atoms with van der Waals surface area (Å²) in [4.78, 5) is 17.3. The topological polar surface area (TPSA) is 89.8 Å². The lowest BCUT2D eigenvalue weighted by Crippen LogP contribution is -2.33. The lowest BCUT2D eigenvalue weighted by atomic mass is 10.1. The van der Waals surface area contributed by atoms with E-state index in [-0.39, 0.29) is 22.3 Å². The summed E-state index contributed by atoms with van der Waals surface area (Å²) in [6.45, 7) is 2.59. The number of hydrogen-bond donors (Lipinski definition) is 1. The monoisotopic (exact) mass is 479 g/mol. The van der Waals surface area contributed by atoms with Gasteiger partial charge in [0.1, 0.15) is 16.1 Å². The molecule has 1 aliphatic carbocycles. The molecule has 3 aromatic rings. The normalized spacial score (nSPS) is 14.9. The van der Waals surface area contributed by atoms with Crippen LogP contribution in [0.1, 0.15) is 47.2 Å². The number of nitrogens with one attached hydrogen (secondary N) is 1. The molecule has 0 spiro atoms. The molecular weight excluding hydrogens is 450 g/mol. The Bertz CT molecular complexity index is 1340. The van der Waals surface area contributed by atoms with Crippen LogP contribution in [0.2, 0.25) is 0 Å². The van der Waals surface area contributed by atoms with E-state index in [1.54, 1.807) is 6.07 Å². The Labute approximate surface area is 200 Å². The third-order valence-electron chi connectivity index (χ3n) is 5.98. The van der Waals surface area contributed by atoms with Crippen LogP contribution in [0.5, 0.6) is 5.75 Å². The third-order valence-corrected chi connectivity index (χ3v) is 7.53. The molecule has 4 rings (SSSR count). The van der Waals surface area contributed by atoms with Crippen LogP contribution in [0.3, 0.4) is 0 Å². The fourth-order valence-corrected chi connectivity index (χ4v) is 5.61. The van der Waals surface area contributed by atoms with Crippen LogP contribution in [-0.4, -0.2) is 32.0 Å². The molecule has 0 unspecified atom stereocenters. The number of carbonyl (C=O) groups excluding carboxylic acids is 1. The maximum Gasteiger partial charge on any atom is 0.278 e. The summed E-state index contributed by atoms with van der Waals surface area (Å²) >= 11 is 0. The molecule has 178 valence electrons. The first-order valence-corrected chi connectivity index (χ1v) is 12.8. The van der Waals surface area contributed by atoms with E-state index < -0.39 is 15.9 Å². The van der Waals surface area contributed by atoms with Gasteiger partial charge in [0.05, 0.1) is 7.11 Å². The molecule has 34 heavy (non-hydrogen) atoms. The van der Waals surface area contributed by atoms with E-state index in [4.69, 9.17) is 4.74 Å². The highest BCUT2D eigenvalue weighted by atomic mass is 32.2. The van der Waals surface area contributed by atoms with Gasteiger partial charge in [-0.25, -0.2) is 13.1 Å². The van der Waals surface area contributed by atoms with Crippen molar-refractivity contribution in [2.45, 2.75) is 50.1 Å². The Balaban J connectivity index is 1.65. The lowest BCUT2D eigenvalue weighted by Gasteiger charge is -2.15. The molecule has 7 nitrogen and oxygen atoms in total. The Morgan fingerprint density at radius 2 is 1.82 bits per heavy atom. The number of rotatable bonds is 7. The first kappa shape index (κ1) is 23.9. The number of aromatic nitrogens is 1. The average Bonchev–Trinajstić information content (AvgIpc) is 3.33. The van der Waals surface area contributed by atoms with Gasteiger partial charge in [0.15, 0.2) is 0 Å². The number of ether oxygens (including phenoxy) is 1. The summed E-state index contributed by atoms with van der Waals surface area (Å²) < 4.78 is 36.0. The van der Waals surface area contributed by atoms with Crippen molar-refractivity contribution in [1.29, 1.82) is 0 Å². The van der Waals surface area contributed by atoms with Crippen LogP contribution in [-0.2, 0) is 16.6 Å². The number of aryl methyl sites for hydroxylation is 1. The zero-order chi connectivity index (χ0) is 24.1. The molecule has 1 fully saturated rings. The molecule has 0 aliphatic heterocycles. The van der Waals surface area contributed by atoms with Gasteiger partial charge in [-0.2, -0.15) is 4.99 Å². The SMILES string of the molecule is COc1ccc(C(=O)N=c2ccccn2Cc2ccc(C)cc2)cc1S(=O)(=O)NC1CCCC1. The molecule has 1 heterocycles. The van der Waals surface area contributed by atoms with Gasteiger partial charge in [0.25, 0.3) is 5.91 Å². The van der Waals surface area contributed by atoms with Crippen molar-refractivity contribution < 1.29 is 17.9 Å². The smallest absolute Gasteiger partial charge is 0.278 e. The van der Waals surface area contributed by atoms with Gasteiger partial charge in [-0.05, 0) is 55.7 Å². The van der Waals surface area contributed by atoms with Crippen molar-refractivity contribution in [1.82, 2.24) is 9.29 Å². The Morgan fingerprint density at radius 3 is 2.53 bits per heavy atom. The van der Waals surface area contributed by atoms with E-state index in [2.05, 4.69) is 9.71 Å². The van der Waals surface area contributed by atoms with Gasteiger partial charge in [0, 0.05) is 24.3 Å². The maximum absolute atomic E-state index is 13.1. The minimum Gasteiger partial charge on any atom is -0.495 e. The lowest BCUT2D eigenvalue weighted by molar-refractivity contribution is 0.0997. The number of nitrogens with zero attached hydrogens (tertiary/aromatic N) is 2. The zero-order valence-electron chi connectivity index (χ0n) is 19.4. The highest BCUT2D eigenvalue weighted by Gasteiger charge is 2.26. The van der Waals surface area contributed by atoms with E-state index in [0.29, 0.717) is 12.0 Å². The highest BCUT2D eigenvalue weighted by Crippen LogP contribution is 2.27. The van der Waals surface area contributed by atoms with Crippen molar-refractivity contribution in [3.8, 4) is 5.75 Å². The van der Waals surface area contributed by atoms with E-state index in [9.17, 15) is 13.2 Å². The molecule has 8 heteroatoms. The molecule has 2 aromatic carbocycles. The van der Waals surface area contributed by atoms with Crippen LogP contribution in [0.15, 0.2) is 76.7 Å². The van der Waals surface area contributed by atoms with Crippen LogP contribution in [0.4, 0.5) is 0 Å². The van der Waals surface area contributed by atoms with Gasteiger partial charge < -0.3 is 9.30 Å². The first-order chi connectivity index (χ1) is 16.4. The minimum atomic E-state index is -3.84. The third kappa shape index (κ3) is 5.63. The van der Waals surface area contributed by atoms with Crippen molar-refractivity contribution >= 4 is 15.9 Å². The number of amides is 1. The number of benzene rings is 2. The average molecular weight is 480 g/mol. The molecule has 1 aromatic heterocycles. The number of sulfonamides is 1. The fourth-order valence-electron chi connectivity index (χ4n) is 4.11. The van der Waals surface area contributed by atoms with E-state index in [1.807, 2.05) is 54.1 Å². The van der Waals surface area contributed by atoms with Crippen molar-refractivity contribution in [2.24, 2.45) is 4.99 Å². The number of methoxy groups -OCH3 is 1. The van der Waals surface area contributed by atoms with Gasteiger partial charge in [0.2, 0.25) is 10.0 Å². The largest absolute Gasteiger partial charge is 0.495 e. The zero-order valence-corrected chi connectivity index (χ0v) is 20.2. The predicted octanol–water partition coefficient (Wildman–Crippen LogP) is 3.82. The molecular formula is C26H29N3O4S. The van der Waals surface area contributed by atoms with Crippen LogP contribution >= 0.6 is 0 Å². The first-order valence-electron chi connectivity index (χ1n) is 11.4. The summed E-state index contributed by atoms with van der Waals surface area (Å²) in [6, 6.07) is 17.9. The summed E-state index contributed by atoms with van der Waals surface area (Å²) in [5.74, 6) is -0.333. The van der Waals surface area contributed by atoms with Crippen molar-refractivity contribution in [3.63, 3.8) is 0 Å².